The number of aromatic nitrogens is 1. The molecule has 3 amide bonds. The predicted octanol–water partition coefficient (Wildman–Crippen LogP) is 3.34. The highest BCUT2D eigenvalue weighted by Crippen LogP contribution is 2.38. The van der Waals surface area contributed by atoms with E-state index in [-0.39, 0.29) is 18.5 Å². The Morgan fingerprint density at radius 2 is 1.88 bits per heavy atom. The summed E-state index contributed by atoms with van der Waals surface area (Å²) in [5, 5.41) is 0. The van der Waals surface area contributed by atoms with Gasteiger partial charge in [-0.3, -0.25) is 14.7 Å². The summed E-state index contributed by atoms with van der Waals surface area (Å²) >= 11 is 0. The molecule has 2 aromatic rings. The largest absolute Gasteiger partial charge is 0.497 e. The molecule has 7 nitrogen and oxygen atoms in total. The molecule has 2 aliphatic heterocycles. The van der Waals surface area contributed by atoms with Gasteiger partial charge < -0.3 is 14.5 Å². The van der Waals surface area contributed by atoms with Crippen molar-refractivity contribution in [3.8, 4) is 5.75 Å². The van der Waals surface area contributed by atoms with E-state index in [2.05, 4.69) is 22.9 Å². The molecule has 0 N–H and O–H groups in total. The van der Waals surface area contributed by atoms with E-state index in [1.807, 2.05) is 43.5 Å². The van der Waals surface area contributed by atoms with Gasteiger partial charge in [0.15, 0.2) is 0 Å². The molecule has 0 bridgehead atoms. The molecule has 7 heteroatoms. The Labute approximate surface area is 190 Å². The van der Waals surface area contributed by atoms with Crippen LogP contribution in [0.15, 0.2) is 48.8 Å². The second-order valence-corrected chi connectivity index (χ2v) is 8.75. The lowest BCUT2D eigenvalue weighted by molar-refractivity contribution is -0.136. The minimum Gasteiger partial charge on any atom is -0.497 e. The Morgan fingerprint density at radius 1 is 1.12 bits per heavy atom. The van der Waals surface area contributed by atoms with Gasteiger partial charge in [0, 0.05) is 38.1 Å². The van der Waals surface area contributed by atoms with Crippen LogP contribution in [0.2, 0.25) is 0 Å². The molecule has 1 aromatic carbocycles. The number of likely N-dealkylation sites (tertiary alicyclic amines) is 1. The van der Waals surface area contributed by atoms with E-state index in [1.54, 1.807) is 18.2 Å². The molecule has 32 heavy (non-hydrogen) atoms. The Hall–Kier alpha value is -2.93. The van der Waals surface area contributed by atoms with Crippen molar-refractivity contribution in [2.24, 2.45) is 0 Å². The van der Waals surface area contributed by atoms with Gasteiger partial charge in [-0.2, -0.15) is 0 Å². The Bertz CT molecular complexity index is 957. The number of imide groups is 1. The van der Waals surface area contributed by atoms with Crippen LogP contribution in [-0.4, -0.2) is 69.9 Å². The van der Waals surface area contributed by atoms with Crippen molar-refractivity contribution in [2.45, 2.75) is 51.2 Å². The third kappa shape index (κ3) is 4.09. The number of pyridine rings is 1. The van der Waals surface area contributed by atoms with Gasteiger partial charge in [-0.15, -0.1) is 0 Å². The van der Waals surface area contributed by atoms with Gasteiger partial charge in [-0.05, 0) is 62.4 Å². The number of methoxy groups -OCH3 is 1. The summed E-state index contributed by atoms with van der Waals surface area (Å²) in [6, 6.07) is 11.8. The van der Waals surface area contributed by atoms with E-state index < -0.39 is 5.54 Å². The van der Waals surface area contributed by atoms with Crippen LogP contribution < -0.4 is 4.74 Å². The van der Waals surface area contributed by atoms with Crippen molar-refractivity contribution in [1.82, 2.24) is 19.7 Å². The molecule has 0 aliphatic carbocycles. The van der Waals surface area contributed by atoms with Gasteiger partial charge in [0.2, 0.25) is 0 Å². The van der Waals surface area contributed by atoms with Crippen LogP contribution in [0.3, 0.4) is 0 Å². The van der Waals surface area contributed by atoms with Crippen LogP contribution in [0.25, 0.3) is 0 Å². The highest BCUT2D eigenvalue weighted by atomic mass is 16.5. The third-order valence-electron chi connectivity index (χ3n) is 6.92. The molecule has 1 unspecified atom stereocenters. The quantitative estimate of drug-likeness (QED) is 0.623. The number of hydrogen-bond acceptors (Lipinski definition) is 5. The van der Waals surface area contributed by atoms with Gasteiger partial charge in [-0.1, -0.05) is 18.2 Å². The first-order chi connectivity index (χ1) is 15.5. The van der Waals surface area contributed by atoms with Crippen molar-refractivity contribution >= 4 is 11.9 Å². The standard InChI is InChI=1S/C25H32N4O3/c1-4-29-24(31)28(18-21-7-5-9-22(16-21)32-3)23(30)25(29)10-13-27(14-11-25)19(2)15-20-8-6-12-26-17-20/h5-9,12,16-17,19H,4,10-11,13-15,18H2,1-3H3. The van der Waals surface area contributed by atoms with E-state index in [0.717, 1.165) is 30.8 Å². The van der Waals surface area contributed by atoms with E-state index in [0.29, 0.717) is 25.4 Å². The number of carbonyl (C=O) groups is 2. The van der Waals surface area contributed by atoms with Crippen molar-refractivity contribution in [3.05, 3.63) is 59.9 Å². The molecule has 2 saturated heterocycles. The molecule has 1 atom stereocenters. The number of hydrogen-bond donors (Lipinski definition) is 0. The zero-order chi connectivity index (χ0) is 22.7. The number of carbonyl (C=O) groups excluding carboxylic acids is 2. The first kappa shape index (κ1) is 22.3. The molecule has 1 aromatic heterocycles. The fourth-order valence-corrected chi connectivity index (χ4v) is 5.12. The molecule has 4 rings (SSSR count). The number of likely N-dealkylation sites (N-methyl/N-ethyl adjacent to an activating group) is 1. The van der Waals surface area contributed by atoms with Crippen molar-refractivity contribution in [3.63, 3.8) is 0 Å². The van der Waals surface area contributed by atoms with Crippen LogP contribution in [0.5, 0.6) is 5.75 Å². The molecular formula is C25H32N4O3. The van der Waals surface area contributed by atoms with Crippen LogP contribution in [0, 0.1) is 0 Å². The average Bonchev–Trinajstić information content (AvgIpc) is 3.01. The molecule has 2 fully saturated rings. The summed E-state index contributed by atoms with van der Waals surface area (Å²) in [5.74, 6) is 0.659. The minimum absolute atomic E-state index is 0.0632. The SMILES string of the molecule is CCN1C(=O)N(Cc2cccc(OC)c2)C(=O)C12CCN(C(C)Cc1cccnc1)CC2. The van der Waals surface area contributed by atoms with Crippen LogP contribution >= 0.6 is 0 Å². The maximum atomic E-state index is 13.6. The highest BCUT2D eigenvalue weighted by molar-refractivity contribution is 6.07. The van der Waals surface area contributed by atoms with Crippen molar-refractivity contribution in [1.29, 1.82) is 0 Å². The molecule has 0 radical (unpaired) electrons. The summed E-state index contributed by atoms with van der Waals surface area (Å²) in [7, 11) is 1.61. The van der Waals surface area contributed by atoms with E-state index >= 15 is 0 Å². The second kappa shape index (κ2) is 9.28. The van der Waals surface area contributed by atoms with Gasteiger partial charge in [0.1, 0.15) is 11.3 Å². The van der Waals surface area contributed by atoms with E-state index in [4.69, 9.17) is 4.74 Å². The van der Waals surface area contributed by atoms with Crippen LogP contribution in [0.1, 0.15) is 37.8 Å². The maximum Gasteiger partial charge on any atom is 0.327 e. The van der Waals surface area contributed by atoms with E-state index in [1.165, 1.54) is 10.5 Å². The fraction of sp³-hybridized carbons (Fsp3) is 0.480. The topological polar surface area (TPSA) is 66.0 Å². The molecule has 170 valence electrons. The lowest BCUT2D eigenvalue weighted by atomic mass is 9.85. The summed E-state index contributed by atoms with van der Waals surface area (Å²) in [4.78, 5) is 36.7. The number of rotatable bonds is 7. The van der Waals surface area contributed by atoms with Gasteiger partial charge >= 0.3 is 6.03 Å². The lowest BCUT2D eigenvalue weighted by Crippen LogP contribution is -2.57. The molecular weight excluding hydrogens is 404 g/mol. The third-order valence-corrected chi connectivity index (χ3v) is 6.92. The van der Waals surface area contributed by atoms with Crippen molar-refractivity contribution < 1.29 is 14.3 Å². The summed E-state index contributed by atoms with van der Waals surface area (Å²) < 4.78 is 5.29. The Balaban J connectivity index is 1.46. The zero-order valence-electron chi connectivity index (χ0n) is 19.2. The number of amides is 3. The Morgan fingerprint density at radius 3 is 2.53 bits per heavy atom. The second-order valence-electron chi connectivity index (χ2n) is 8.75. The van der Waals surface area contributed by atoms with E-state index in [9.17, 15) is 9.59 Å². The lowest BCUT2D eigenvalue weighted by Gasteiger charge is -2.43. The number of piperidine rings is 1. The monoisotopic (exact) mass is 436 g/mol. The summed E-state index contributed by atoms with van der Waals surface area (Å²) in [6.45, 7) is 6.57. The molecule has 3 heterocycles. The smallest absolute Gasteiger partial charge is 0.327 e. The predicted molar refractivity (Wildman–Crippen MR) is 122 cm³/mol. The Kier molecular flexibility index (Phi) is 6.46. The highest BCUT2D eigenvalue weighted by Gasteiger charge is 2.57. The molecule has 1 spiro atoms. The van der Waals surface area contributed by atoms with Gasteiger partial charge in [0.05, 0.1) is 13.7 Å². The zero-order valence-corrected chi connectivity index (χ0v) is 19.2. The molecule has 0 saturated carbocycles. The normalized spacial score (nSPS) is 19.6. The first-order valence-corrected chi connectivity index (χ1v) is 11.4. The summed E-state index contributed by atoms with van der Waals surface area (Å²) in [6.07, 6.45) is 5.95. The summed E-state index contributed by atoms with van der Waals surface area (Å²) in [5.41, 5.74) is 1.38. The number of benzene rings is 1. The average molecular weight is 437 g/mol. The maximum absolute atomic E-state index is 13.6. The fourth-order valence-electron chi connectivity index (χ4n) is 5.12. The van der Waals surface area contributed by atoms with Gasteiger partial charge in [0.25, 0.3) is 5.91 Å². The van der Waals surface area contributed by atoms with Gasteiger partial charge in [-0.25, -0.2) is 4.79 Å². The van der Waals surface area contributed by atoms with Crippen LogP contribution in [-0.2, 0) is 17.8 Å². The number of urea groups is 1. The van der Waals surface area contributed by atoms with Crippen molar-refractivity contribution in [2.75, 3.05) is 26.7 Å². The first-order valence-electron chi connectivity index (χ1n) is 11.4. The minimum atomic E-state index is -0.727. The number of ether oxygens (including phenoxy) is 1. The molecule has 2 aliphatic rings. The van der Waals surface area contributed by atoms with Crippen LogP contribution in [0.4, 0.5) is 4.79 Å². The number of nitrogens with zero attached hydrogens (tertiary/aromatic N) is 4.